The highest BCUT2D eigenvalue weighted by Crippen LogP contribution is 2.44. The number of aliphatic hydroxyl groups excluding tert-OH is 2. The van der Waals surface area contributed by atoms with Gasteiger partial charge in [-0.15, -0.1) is 0 Å². The van der Waals surface area contributed by atoms with Crippen molar-refractivity contribution in [2.24, 2.45) is 5.92 Å². The Morgan fingerprint density at radius 3 is 2.60 bits per heavy atom. The van der Waals surface area contributed by atoms with Gasteiger partial charge in [0.05, 0.1) is 23.9 Å². The van der Waals surface area contributed by atoms with Crippen molar-refractivity contribution in [3.63, 3.8) is 0 Å². The molecule has 0 amide bonds. The number of ether oxygens (including phenoxy) is 2. The minimum atomic E-state index is -0.728. The van der Waals surface area contributed by atoms with E-state index in [2.05, 4.69) is 6.58 Å². The second kappa shape index (κ2) is 6.53. The maximum Gasteiger partial charge on any atom is 0.334 e. The normalized spacial score (nSPS) is 47.8. The molecular formula is C20H30O5. The largest absolute Gasteiger partial charge is 0.453 e. The number of rotatable bonds is 0. The number of fused-ring (bicyclic) bond motifs is 6. The molecule has 3 heterocycles. The van der Waals surface area contributed by atoms with Crippen LogP contribution in [0.4, 0.5) is 0 Å². The van der Waals surface area contributed by atoms with Gasteiger partial charge in [0.25, 0.3) is 0 Å². The molecule has 2 saturated heterocycles. The average Bonchev–Trinajstić information content (AvgIpc) is 2.94. The van der Waals surface area contributed by atoms with Crippen LogP contribution < -0.4 is 0 Å². The molecule has 25 heavy (non-hydrogen) atoms. The van der Waals surface area contributed by atoms with Gasteiger partial charge in [-0.2, -0.15) is 0 Å². The highest BCUT2D eigenvalue weighted by atomic mass is 16.6. The zero-order chi connectivity index (χ0) is 18.4. The van der Waals surface area contributed by atoms with Crippen LogP contribution in [0.3, 0.4) is 0 Å². The topological polar surface area (TPSA) is 76.0 Å². The van der Waals surface area contributed by atoms with Crippen molar-refractivity contribution in [3.8, 4) is 0 Å². The first-order chi connectivity index (χ1) is 11.6. The summed E-state index contributed by atoms with van der Waals surface area (Å²) in [5.41, 5.74) is -0.148. The third-order valence-corrected chi connectivity index (χ3v) is 6.47. The third kappa shape index (κ3) is 3.42. The first-order valence-corrected chi connectivity index (χ1v) is 9.27. The molecule has 0 aliphatic carbocycles. The van der Waals surface area contributed by atoms with Crippen LogP contribution in [0.25, 0.3) is 0 Å². The molecule has 5 heteroatoms. The first-order valence-electron chi connectivity index (χ1n) is 9.27. The third-order valence-electron chi connectivity index (χ3n) is 6.47. The number of carbonyl (C=O) groups excluding carboxylic acids is 1. The van der Waals surface area contributed by atoms with Crippen LogP contribution in [0.5, 0.6) is 0 Å². The standard InChI is InChI=1S/C20H30O5/c1-12-5-6-16(22)19(3)10-8-17(24-19)20(4)9-7-14(11-15(12)21)13(2)18(23)25-20/h5,14-17,21-22H,2,6-11H2,1,3-4H3/b12-5+/t14-,15-,16+,17+,19-,20-/m1/s1. The molecule has 4 bridgehead atoms. The molecule has 0 radical (unpaired) electrons. The van der Waals surface area contributed by atoms with E-state index < -0.39 is 29.4 Å². The van der Waals surface area contributed by atoms with E-state index in [-0.39, 0.29) is 12.0 Å². The van der Waals surface area contributed by atoms with Crippen LogP contribution in [-0.2, 0) is 14.3 Å². The Bertz CT molecular complexity index is 597. The van der Waals surface area contributed by atoms with E-state index in [0.717, 1.165) is 18.4 Å². The van der Waals surface area contributed by atoms with Crippen molar-refractivity contribution < 1.29 is 24.5 Å². The second-order valence-corrected chi connectivity index (χ2v) is 8.37. The molecule has 0 spiro atoms. The van der Waals surface area contributed by atoms with Crippen LogP contribution in [-0.4, -0.2) is 45.7 Å². The molecule has 3 rings (SSSR count). The molecule has 5 nitrogen and oxygen atoms in total. The number of esters is 1. The SMILES string of the molecule is C=C1C(=O)O[C@]2(C)CC[C@@H]1C[C@@H](O)/C(C)=C/C[C@H](O)[C@@]1(C)CC[C@@H]2O1. The lowest BCUT2D eigenvalue weighted by Crippen LogP contribution is -2.46. The van der Waals surface area contributed by atoms with Crippen molar-refractivity contribution in [3.05, 3.63) is 23.8 Å². The summed E-state index contributed by atoms with van der Waals surface area (Å²) < 4.78 is 12.1. The molecule has 0 aromatic carbocycles. The maximum atomic E-state index is 12.5. The van der Waals surface area contributed by atoms with Crippen molar-refractivity contribution in [2.45, 2.75) is 88.8 Å². The Kier molecular flexibility index (Phi) is 4.86. The summed E-state index contributed by atoms with van der Waals surface area (Å²) in [5.74, 6) is -0.500. The zero-order valence-corrected chi connectivity index (χ0v) is 15.5. The fraction of sp³-hybridized carbons (Fsp3) is 0.750. The molecular weight excluding hydrogens is 320 g/mol. The van der Waals surface area contributed by atoms with Crippen molar-refractivity contribution in [2.75, 3.05) is 0 Å². The minimum Gasteiger partial charge on any atom is -0.453 e. The molecule has 0 aromatic heterocycles. The summed E-state index contributed by atoms with van der Waals surface area (Å²) in [6.45, 7) is 9.63. The maximum absolute atomic E-state index is 12.5. The summed E-state index contributed by atoms with van der Waals surface area (Å²) >= 11 is 0. The minimum absolute atomic E-state index is 0.105. The van der Waals surface area contributed by atoms with E-state index in [1.807, 2.05) is 26.8 Å². The van der Waals surface area contributed by atoms with E-state index in [4.69, 9.17) is 9.47 Å². The number of hydrogen-bond donors (Lipinski definition) is 2. The van der Waals surface area contributed by atoms with Gasteiger partial charge in [-0.25, -0.2) is 4.79 Å². The molecule has 0 saturated carbocycles. The summed E-state index contributed by atoms with van der Waals surface area (Å²) in [4.78, 5) is 12.5. The van der Waals surface area contributed by atoms with Gasteiger partial charge in [0, 0.05) is 5.57 Å². The first kappa shape index (κ1) is 18.6. The highest BCUT2D eigenvalue weighted by molar-refractivity contribution is 5.89. The van der Waals surface area contributed by atoms with Crippen molar-refractivity contribution in [1.82, 2.24) is 0 Å². The Balaban J connectivity index is 1.98. The summed E-state index contributed by atoms with van der Waals surface area (Å²) in [6.07, 6.45) is 4.08. The summed E-state index contributed by atoms with van der Waals surface area (Å²) in [7, 11) is 0. The van der Waals surface area contributed by atoms with Gasteiger partial charge < -0.3 is 19.7 Å². The smallest absolute Gasteiger partial charge is 0.334 e. The average molecular weight is 350 g/mol. The van der Waals surface area contributed by atoms with Gasteiger partial charge in [-0.05, 0) is 70.8 Å². The summed E-state index contributed by atoms with van der Waals surface area (Å²) in [6, 6.07) is 0. The number of aliphatic hydroxyl groups is 2. The molecule has 0 aromatic rings. The lowest BCUT2D eigenvalue weighted by Gasteiger charge is -2.36. The second-order valence-electron chi connectivity index (χ2n) is 8.37. The van der Waals surface area contributed by atoms with Gasteiger partial charge in [0.1, 0.15) is 5.60 Å². The van der Waals surface area contributed by atoms with E-state index in [1.54, 1.807) is 0 Å². The van der Waals surface area contributed by atoms with Gasteiger partial charge in [-0.3, -0.25) is 0 Å². The predicted octanol–water partition coefficient (Wildman–Crippen LogP) is 2.65. The Morgan fingerprint density at radius 1 is 1.20 bits per heavy atom. The lowest BCUT2D eigenvalue weighted by molar-refractivity contribution is -0.186. The van der Waals surface area contributed by atoms with Crippen molar-refractivity contribution in [1.29, 1.82) is 0 Å². The quantitative estimate of drug-likeness (QED) is 0.399. The van der Waals surface area contributed by atoms with E-state index in [0.29, 0.717) is 31.3 Å². The van der Waals surface area contributed by atoms with Crippen LogP contribution in [0.15, 0.2) is 23.8 Å². The monoisotopic (exact) mass is 350 g/mol. The van der Waals surface area contributed by atoms with Gasteiger partial charge in [0.15, 0.2) is 0 Å². The van der Waals surface area contributed by atoms with Crippen LogP contribution in [0.1, 0.15) is 59.3 Å². The van der Waals surface area contributed by atoms with Gasteiger partial charge in [-0.1, -0.05) is 12.7 Å². The molecule has 3 aliphatic rings. The lowest BCUT2D eigenvalue weighted by atomic mass is 9.83. The fourth-order valence-corrected chi connectivity index (χ4v) is 4.29. The zero-order valence-electron chi connectivity index (χ0n) is 15.5. The number of carbonyl (C=O) groups is 1. The van der Waals surface area contributed by atoms with Crippen molar-refractivity contribution >= 4 is 5.97 Å². The molecule has 6 atom stereocenters. The highest BCUT2D eigenvalue weighted by Gasteiger charge is 2.51. The Labute approximate surface area is 149 Å². The van der Waals surface area contributed by atoms with Gasteiger partial charge >= 0.3 is 5.97 Å². The number of hydrogen-bond acceptors (Lipinski definition) is 5. The molecule has 0 unspecified atom stereocenters. The van der Waals surface area contributed by atoms with Crippen LogP contribution in [0, 0.1) is 5.92 Å². The fourth-order valence-electron chi connectivity index (χ4n) is 4.29. The van der Waals surface area contributed by atoms with Crippen LogP contribution >= 0.6 is 0 Å². The van der Waals surface area contributed by atoms with Gasteiger partial charge in [0.2, 0.25) is 0 Å². The van der Waals surface area contributed by atoms with E-state index in [1.165, 1.54) is 0 Å². The van der Waals surface area contributed by atoms with E-state index >= 15 is 0 Å². The Hall–Kier alpha value is -1.17. The van der Waals surface area contributed by atoms with Crippen LogP contribution in [0.2, 0.25) is 0 Å². The molecule has 140 valence electrons. The van der Waals surface area contributed by atoms with E-state index in [9.17, 15) is 15.0 Å². The molecule has 2 fully saturated rings. The Morgan fingerprint density at radius 2 is 1.88 bits per heavy atom. The molecule has 3 aliphatic heterocycles. The molecule has 2 N–H and O–H groups in total. The predicted molar refractivity (Wildman–Crippen MR) is 93.9 cm³/mol. The summed E-state index contributed by atoms with van der Waals surface area (Å²) in [5, 5.41) is 21.2.